The Morgan fingerprint density at radius 2 is 2.19 bits per heavy atom. The summed E-state index contributed by atoms with van der Waals surface area (Å²) in [6.45, 7) is 2.75. The van der Waals surface area contributed by atoms with E-state index in [2.05, 4.69) is 43.6 Å². The van der Waals surface area contributed by atoms with Gasteiger partial charge in [0.15, 0.2) is 0 Å². The van der Waals surface area contributed by atoms with Gasteiger partial charge in [0.2, 0.25) is 0 Å². The van der Waals surface area contributed by atoms with Crippen LogP contribution in [-0.4, -0.2) is 10.2 Å². The van der Waals surface area contributed by atoms with Gasteiger partial charge >= 0.3 is 0 Å². The molecule has 0 aliphatic rings. The minimum absolute atomic E-state index is 0.748. The molecular weight excluding hydrogens is 266 g/mol. The van der Waals surface area contributed by atoms with Gasteiger partial charge < -0.3 is 5.32 Å². The topological polar surface area (TPSA) is 37.8 Å². The van der Waals surface area contributed by atoms with Crippen LogP contribution in [0.1, 0.15) is 11.1 Å². The van der Waals surface area contributed by atoms with Crippen LogP contribution >= 0.6 is 15.9 Å². The fraction of sp³-hybridized carbons (Fsp3) is 0.167. The van der Waals surface area contributed by atoms with E-state index in [-0.39, 0.29) is 0 Å². The summed E-state index contributed by atoms with van der Waals surface area (Å²) in [5.74, 6) is 0.806. The largest absolute Gasteiger partial charge is 0.364 e. The van der Waals surface area contributed by atoms with E-state index in [0.717, 1.165) is 22.4 Å². The predicted molar refractivity (Wildman–Crippen MR) is 68.2 cm³/mol. The Morgan fingerprint density at radius 1 is 1.31 bits per heavy atom. The van der Waals surface area contributed by atoms with Gasteiger partial charge in [0.1, 0.15) is 5.82 Å². The second-order valence-corrected chi connectivity index (χ2v) is 4.52. The van der Waals surface area contributed by atoms with E-state index < -0.39 is 0 Å². The van der Waals surface area contributed by atoms with Crippen molar-refractivity contribution in [2.75, 3.05) is 5.32 Å². The van der Waals surface area contributed by atoms with Crippen LogP contribution < -0.4 is 5.32 Å². The van der Waals surface area contributed by atoms with Crippen LogP contribution in [0.15, 0.2) is 41.0 Å². The number of nitrogens with one attached hydrogen (secondary N) is 1. The van der Waals surface area contributed by atoms with Crippen LogP contribution in [0.5, 0.6) is 0 Å². The lowest BCUT2D eigenvalue weighted by atomic mass is 10.2. The van der Waals surface area contributed by atoms with E-state index in [1.54, 1.807) is 6.20 Å². The molecule has 0 atom stereocenters. The van der Waals surface area contributed by atoms with E-state index in [1.807, 2.05) is 25.1 Å². The molecule has 0 saturated carbocycles. The van der Waals surface area contributed by atoms with Crippen molar-refractivity contribution in [3.05, 3.63) is 52.1 Å². The summed E-state index contributed by atoms with van der Waals surface area (Å²) in [5, 5.41) is 11.1. The Hall–Kier alpha value is -1.42. The Labute approximate surface area is 103 Å². The quantitative estimate of drug-likeness (QED) is 0.937. The highest BCUT2D eigenvalue weighted by molar-refractivity contribution is 9.10. The van der Waals surface area contributed by atoms with Gasteiger partial charge in [-0.3, -0.25) is 0 Å². The molecule has 0 unspecified atom stereocenters. The number of aryl methyl sites for hydroxylation is 1. The fourth-order valence-electron chi connectivity index (χ4n) is 1.39. The van der Waals surface area contributed by atoms with Gasteiger partial charge in [0, 0.05) is 11.0 Å². The van der Waals surface area contributed by atoms with Crippen LogP contribution in [0.2, 0.25) is 0 Å². The Bertz CT molecular complexity index is 440. The van der Waals surface area contributed by atoms with Crippen molar-refractivity contribution in [3.63, 3.8) is 0 Å². The molecule has 0 bridgehead atoms. The number of nitrogens with zero attached hydrogens (tertiary/aromatic N) is 2. The molecule has 2 rings (SSSR count). The minimum Gasteiger partial charge on any atom is -0.364 e. The molecule has 0 aliphatic heterocycles. The number of rotatable bonds is 3. The molecule has 0 radical (unpaired) electrons. The van der Waals surface area contributed by atoms with Crippen molar-refractivity contribution in [1.82, 2.24) is 10.2 Å². The van der Waals surface area contributed by atoms with Crippen molar-refractivity contribution >= 4 is 21.7 Å². The van der Waals surface area contributed by atoms with E-state index in [0.29, 0.717) is 0 Å². The number of hydrogen-bond donors (Lipinski definition) is 1. The number of aromatic nitrogens is 2. The summed E-state index contributed by atoms with van der Waals surface area (Å²) in [5.41, 5.74) is 2.31. The number of hydrogen-bond acceptors (Lipinski definition) is 3. The van der Waals surface area contributed by atoms with E-state index in [1.165, 1.54) is 5.56 Å². The third kappa shape index (κ3) is 3.03. The van der Waals surface area contributed by atoms with Gasteiger partial charge in [0.05, 0.1) is 6.20 Å². The molecule has 0 aliphatic carbocycles. The molecule has 4 heteroatoms. The Balaban J connectivity index is 2.02. The molecule has 0 fully saturated rings. The average molecular weight is 278 g/mol. The van der Waals surface area contributed by atoms with Crippen molar-refractivity contribution in [2.24, 2.45) is 0 Å². The van der Waals surface area contributed by atoms with Gasteiger partial charge in [-0.2, -0.15) is 5.10 Å². The first kappa shape index (κ1) is 11.1. The number of benzene rings is 1. The smallest absolute Gasteiger partial charge is 0.149 e. The molecule has 2 aromatic rings. The first-order valence-electron chi connectivity index (χ1n) is 5.02. The van der Waals surface area contributed by atoms with Crippen LogP contribution in [0, 0.1) is 6.92 Å². The highest BCUT2D eigenvalue weighted by Gasteiger charge is 1.96. The molecular formula is C12H12BrN3. The minimum atomic E-state index is 0.748. The van der Waals surface area contributed by atoms with Gasteiger partial charge in [-0.15, -0.1) is 5.10 Å². The lowest BCUT2D eigenvalue weighted by Gasteiger charge is -2.05. The average Bonchev–Trinajstić information content (AvgIpc) is 2.27. The first-order chi connectivity index (χ1) is 7.74. The normalized spacial score (nSPS) is 10.1. The summed E-state index contributed by atoms with van der Waals surface area (Å²) in [6, 6.07) is 10.2. The van der Waals surface area contributed by atoms with Crippen molar-refractivity contribution < 1.29 is 0 Å². The Morgan fingerprint density at radius 3 is 2.94 bits per heavy atom. The maximum absolute atomic E-state index is 4.00. The van der Waals surface area contributed by atoms with Crippen molar-refractivity contribution in [1.29, 1.82) is 0 Å². The zero-order valence-corrected chi connectivity index (χ0v) is 10.5. The number of anilines is 1. The predicted octanol–water partition coefficient (Wildman–Crippen LogP) is 3.16. The SMILES string of the molecule is Cc1cnnc(NCc2cccc(Br)c2)c1. The van der Waals surface area contributed by atoms with Crippen LogP contribution in [0.25, 0.3) is 0 Å². The molecule has 3 nitrogen and oxygen atoms in total. The molecule has 1 aromatic carbocycles. The van der Waals surface area contributed by atoms with Crippen LogP contribution in [0.3, 0.4) is 0 Å². The lowest BCUT2D eigenvalue weighted by Crippen LogP contribution is -2.02. The van der Waals surface area contributed by atoms with Gasteiger partial charge in [0.25, 0.3) is 0 Å². The van der Waals surface area contributed by atoms with E-state index in [4.69, 9.17) is 0 Å². The zero-order chi connectivity index (χ0) is 11.4. The first-order valence-corrected chi connectivity index (χ1v) is 5.81. The zero-order valence-electron chi connectivity index (χ0n) is 8.94. The monoisotopic (exact) mass is 277 g/mol. The van der Waals surface area contributed by atoms with Crippen LogP contribution in [0.4, 0.5) is 5.82 Å². The summed E-state index contributed by atoms with van der Waals surface area (Å²) in [7, 11) is 0. The number of halogens is 1. The summed E-state index contributed by atoms with van der Waals surface area (Å²) in [6.07, 6.45) is 1.74. The fourth-order valence-corrected chi connectivity index (χ4v) is 1.84. The highest BCUT2D eigenvalue weighted by Crippen LogP contribution is 2.13. The van der Waals surface area contributed by atoms with E-state index in [9.17, 15) is 0 Å². The summed E-state index contributed by atoms with van der Waals surface area (Å²) in [4.78, 5) is 0. The molecule has 0 saturated heterocycles. The third-order valence-corrected chi connectivity index (χ3v) is 2.65. The molecule has 1 N–H and O–H groups in total. The molecule has 82 valence electrons. The Kier molecular flexibility index (Phi) is 3.51. The van der Waals surface area contributed by atoms with E-state index >= 15 is 0 Å². The van der Waals surface area contributed by atoms with Gasteiger partial charge in [-0.05, 0) is 36.2 Å². The molecule has 1 heterocycles. The second-order valence-electron chi connectivity index (χ2n) is 3.60. The second kappa shape index (κ2) is 5.07. The summed E-state index contributed by atoms with van der Waals surface area (Å²) >= 11 is 3.44. The lowest BCUT2D eigenvalue weighted by molar-refractivity contribution is 0.988. The third-order valence-electron chi connectivity index (χ3n) is 2.15. The van der Waals surface area contributed by atoms with Crippen molar-refractivity contribution in [3.8, 4) is 0 Å². The molecule has 0 spiro atoms. The summed E-state index contributed by atoms with van der Waals surface area (Å²) < 4.78 is 1.09. The van der Waals surface area contributed by atoms with Gasteiger partial charge in [-0.25, -0.2) is 0 Å². The molecule has 1 aromatic heterocycles. The van der Waals surface area contributed by atoms with Crippen LogP contribution in [-0.2, 0) is 6.54 Å². The maximum Gasteiger partial charge on any atom is 0.149 e. The standard InChI is InChI=1S/C12H12BrN3/c1-9-5-12(16-15-7-9)14-8-10-3-2-4-11(13)6-10/h2-7H,8H2,1H3,(H,14,16). The maximum atomic E-state index is 4.00. The molecule has 0 amide bonds. The molecule has 16 heavy (non-hydrogen) atoms. The van der Waals surface area contributed by atoms with Gasteiger partial charge in [-0.1, -0.05) is 28.1 Å². The van der Waals surface area contributed by atoms with Crippen molar-refractivity contribution in [2.45, 2.75) is 13.5 Å². The highest BCUT2D eigenvalue weighted by atomic mass is 79.9.